The number of rotatable bonds is 7. The molecule has 0 amide bonds. The van der Waals surface area contributed by atoms with Crippen molar-refractivity contribution in [2.75, 3.05) is 26.3 Å². The van der Waals surface area contributed by atoms with Crippen LogP contribution in [0.15, 0.2) is 30.3 Å². The van der Waals surface area contributed by atoms with Crippen molar-refractivity contribution in [3.63, 3.8) is 0 Å². The summed E-state index contributed by atoms with van der Waals surface area (Å²) in [7, 11) is 0. The maximum Gasteiger partial charge on any atom is 0.166 e. The van der Waals surface area contributed by atoms with Gasteiger partial charge < -0.3 is 15.4 Å². The molecule has 0 fully saturated rings. The SMILES string of the molecule is CCOCCNC(=S)NCCc1ccccc1. The van der Waals surface area contributed by atoms with E-state index in [2.05, 4.69) is 22.8 Å². The Morgan fingerprint density at radius 1 is 1.18 bits per heavy atom. The molecular weight excluding hydrogens is 232 g/mol. The molecule has 0 aromatic heterocycles. The van der Waals surface area contributed by atoms with Gasteiger partial charge in [0.1, 0.15) is 0 Å². The number of nitrogens with one attached hydrogen (secondary N) is 2. The summed E-state index contributed by atoms with van der Waals surface area (Å²) in [6.07, 6.45) is 0.980. The van der Waals surface area contributed by atoms with Crippen LogP contribution in [-0.2, 0) is 11.2 Å². The predicted octanol–water partition coefficient (Wildman–Crippen LogP) is 1.73. The third-order valence-corrected chi connectivity index (χ3v) is 2.57. The Kier molecular flexibility index (Phi) is 7.34. The zero-order valence-corrected chi connectivity index (χ0v) is 11.1. The lowest BCUT2D eigenvalue weighted by Gasteiger charge is -2.10. The lowest BCUT2D eigenvalue weighted by Crippen LogP contribution is -2.38. The summed E-state index contributed by atoms with van der Waals surface area (Å²) in [6.45, 7) is 5.03. The van der Waals surface area contributed by atoms with Gasteiger partial charge in [0.15, 0.2) is 5.11 Å². The fourth-order valence-electron chi connectivity index (χ4n) is 1.41. The van der Waals surface area contributed by atoms with Gasteiger partial charge in [-0.25, -0.2) is 0 Å². The summed E-state index contributed by atoms with van der Waals surface area (Å²) >= 11 is 5.14. The Morgan fingerprint density at radius 3 is 2.59 bits per heavy atom. The number of hydrogen-bond acceptors (Lipinski definition) is 2. The van der Waals surface area contributed by atoms with E-state index in [0.29, 0.717) is 11.7 Å². The van der Waals surface area contributed by atoms with Crippen molar-refractivity contribution >= 4 is 17.3 Å². The molecule has 0 saturated carbocycles. The molecule has 0 heterocycles. The van der Waals surface area contributed by atoms with Gasteiger partial charge in [0.05, 0.1) is 6.61 Å². The van der Waals surface area contributed by atoms with E-state index in [1.165, 1.54) is 5.56 Å². The van der Waals surface area contributed by atoms with E-state index in [-0.39, 0.29) is 0 Å². The molecule has 0 atom stereocenters. The minimum atomic E-state index is 0.691. The maximum absolute atomic E-state index is 5.21. The number of hydrogen-bond donors (Lipinski definition) is 2. The molecule has 1 aromatic carbocycles. The van der Waals surface area contributed by atoms with E-state index in [1.54, 1.807) is 0 Å². The molecule has 1 rings (SSSR count). The standard InChI is InChI=1S/C13H20N2OS/c1-2-16-11-10-15-13(17)14-9-8-12-6-4-3-5-7-12/h3-7H,2,8-11H2,1H3,(H2,14,15,17). The van der Waals surface area contributed by atoms with Gasteiger partial charge in [-0.05, 0) is 31.1 Å². The first-order valence-corrected chi connectivity index (χ1v) is 6.37. The van der Waals surface area contributed by atoms with E-state index in [1.807, 2.05) is 25.1 Å². The Morgan fingerprint density at radius 2 is 1.88 bits per heavy atom. The third-order valence-electron chi connectivity index (χ3n) is 2.28. The topological polar surface area (TPSA) is 33.3 Å². The molecule has 94 valence electrons. The van der Waals surface area contributed by atoms with Crippen LogP contribution in [0.25, 0.3) is 0 Å². The number of benzene rings is 1. The van der Waals surface area contributed by atoms with E-state index in [9.17, 15) is 0 Å². The molecule has 3 nitrogen and oxygen atoms in total. The van der Waals surface area contributed by atoms with Crippen LogP contribution in [0.5, 0.6) is 0 Å². The van der Waals surface area contributed by atoms with Crippen molar-refractivity contribution in [1.82, 2.24) is 10.6 Å². The lowest BCUT2D eigenvalue weighted by atomic mass is 10.1. The van der Waals surface area contributed by atoms with Gasteiger partial charge in [0, 0.05) is 19.7 Å². The van der Waals surface area contributed by atoms with Crippen LogP contribution in [0.1, 0.15) is 12.5 Å². The lowest BCUT2D eigenvalue weighted by molar-refractivity contribution is 0.152. The molecule has 0 unspecified atom stereocenters. The molecule has 0 bridgehead atoms. The van der Waals surface area contributed by atoms with Crippen LogP contribution in [-0.4, -0.2) is 31.4 Å². The predicted molar refractivity (Wildman–Crippen MR) is 75.2 cm³/mol. The summed E-state index contributed by atoms with van der Waals surface area (Å²) in [5, 5.41) is 6.97. The van der Waals surface area contributed by atoms with Crippen molar-refractivity contribution in [3.05, 3.63) is 35.9 Å². The van der Waals surface area contributed by atoms with Crippen LogP contribution >= 0.6 is 12.2 Å². The van der Waals surface area contributed by atoms with Crippen LogP contribution in [0.3, 0.4) is 0 Å². The molecule has 0 radical (unpaired) electrons. The molecule has 0 aliphatic rings. The minimum absolute atomic E-state index is 0.691. The van der Waals surface area contributed by atoms with Crippen LogP contribution in [0.4, 0.5) is 0 Å². The monoisotopic (exact) mass is 252 g/mol. The minimum Gasteiger partial charge on any atom is -0.380 e. The van der Waals surface area contributed by atoms with Gasteiger partial charge in [-0.3, -0.25) is 0 Å². The van der Waals surface area contributed by atoms with Gasteiger partial charge in [-0.1, -0.05) is 30.3 Å². The number of thiocarbonyl (C=S) groups is 1. The fraction of sp³-hybridized carbons (Fsp3) is 0.462. The van der Waals surface area contributed by atoms with Crippen molar-refractivity contribution in [2.45, 2.75) is 13.3 Å². The average molecular weight is 252 g/mol. The Balaban J connectivity index is 2.04. The highest BCUT2D eigenvalue weighted by Gasteiger charge is 1.95. The molecule has 4 heteroatoms. The van der Waals surface area contributed by atoms with E-state index in [0.717, 1.165) is 26.1 Å². The van der Waals surface area contributed by atoms with Crippen molar-refractivity contribution in [2.24, 2.45) is 0 Å². The molecule has 0 aliphatic heterocycles. The van der Waals surface area contributed by atoms with Crippen molar-refractivity contribution < 1.29 is 4.74 Å². The fourth-order valence-corrected chi connectivity index (χ4v) is 1.61. The second-order valence-corrected chi connectivity index (χ2v) is 4.02. The van der Waals surface area contributed by atoms with Gasteiger partial charge in [0.25, 0.3) is 0 Å². The quantitative estimate of drug-likeness (QED) is 0.572. The number of ether oxygens (including phenoxy) is 1. The highest BCUT2D eigenvalue weighted by molar-refractivity contribution is 7.80. The highest BCUT2D eigenvalue weighted by Crippen LogP contribution is 1.97. The van der Waals surface area contributed by atoms with Gasteiger partial charge in [0.2, 0.25) is 0 Å². The maximum atomic E-state index is 5.21. The van der Waals surface area contributed by atoms with E-state index < -0.39 is 0 Å². The average Bonchev–Trinajstić information content (AvgIpc) is 2.36. The second kappa shape index (κ2) is 8.96. The molecule has 0 spiro atoms. The first kappa shape index (κ1) is 13.9. The van der Waals surface area contributed by atoms with E-state index in [4.69, 9.17) is 17.0 Å². The summed E-state index contributed by atoms with van der Waals surface area (Å²) in [5.41, 5.74) is 1.32. The molecule has 0 aliphatic carbocycles. The van der Waals surface area contributed by atoms with E-state index >= 15 is 0 Å². The summed E-state index contributed by atoms with van der Waals surface area (Å²) < 4.78 is 5.21. The molecular formula is C13H20N2OS. The normalized spacial score (nSPS) is 9.94. The zero-order chi connectivity index (χ0) is 12.3. The summed E-state index contributed by atoms with van der Waals surface area (Å²) in [5.74, 6) is 0. The van der Waals surface area contributed by atoms with Gasteiger partial charge >= 0.3 is 0 Å². The first-order chi connectivity index (χ1) is 8.33. The second-order valence-electron chi connectivity index (χ2n) is 3.62. The summed E-state index contributed by atoms with van der Waals surface area (Å²) in [6, 6.07) is 10.4. The molecule has 1 aromatic rings. The molecule has 0 saturated heterocycles. The van der Waals surface area contributed by atoms with Crippen molar-refractivity contribution in [1.29, 1.82) is 0 Å². The third kappa shape index (κ3) is 6.92. The van der Waals surface area contributed by atoms with Crippen LogP contribution in [0.2, 0.25) is 0 Å². The van der Waals surface area contributed by atoms with Gasteiger partial charge in [-0.15, -0.1) is 0 Å². The first-order valence-electron chi connectivity index (χ1n) is 5.96. The van der Waals surface area contributed by atoms with Crippen LogP contribution < -0.4 is 10.6 Å². The molecule has 2 N–H and O–H groups in total. The largest absolute Gasteiger partial charge is 0.380 e. The Hall–Kier alpha value is -1.13. The van der Waals surface area contributed by atoms with Crippen molar-refractivity contribution in [3.8, 4) is 0 Å². The smallest absolute Gasteiger partial charge is 0.166 e. The van der Waals surface area contributed by atoms with Gasteiger partial charge in [-0.2, -0.15) is 0 Å². The zero-order valence-electron chi connectivity index (χ0n) is 10.2. The van der Waals surface area contributed by atoms with Crippen LogP contribution in [0, 0.1) is 0 Å². The Labute approximate surface area is 109 Å². The highest BCUT2D eigenvalue weighted by atomic mass is 32.1. The Bertz CT molecular complexity index is 316. The molecule has 17 heavy (non-hydrogen) atoms. The summed E-state index contributed by atoms with van der Waals surface area (Å²) in [4.78, 5) is 0.